The van der Waals surface area contributed by atoms with E-state index in [0.29, 0.717) is 6.54 Å². The van der Waals surface area contributed by atoms with E-state index in [4.69, 9.17) is 0 Å². The first kappa shape index (κ1) is 25.4. The Morgan fingerprint density at radius 3 is 2.29 bits per heavy atom. The summed E-state index contributed by atoms with van der Waals surface area (Å²) in [7, 11) is -4.01. The fourth-order valence-electron chi connectivity index (χ4n) is 4.64. The molecule has 4 aromatic rings. The molecule has 0 bridgehead atoms. The molecule has 1 aliphatic heterocycles. The van der Waals surface area contributed by atoms with Gasteiger partial charge in [0.05, 0.1) is 27.6 Å². The Hall–Kier alpha value is -4.23. The lowest BCUT2D eigenvalue weighted by atomic mass is 10.0. The average Bonchev–Trinajstić information content (AvgIpc) is 2.98. The van der Waals surface area contributed by atoms with Crippen LogP contribution in [0.15, 0.2) is 94.7 Å². The van der Waals surface area contributed by atoms with Gasteiger partial charge in [-0.25, -0.2) is 8.42 Å². The van der Waals surface area contributed by atoms with Gasteiger partial charge in [-0.15, -0.1) is 0 Å². The van der Waals surface area contributed by atoms with Crippen molar-refractivity contribution in [1.29, 1.82) is 0 Å². The topological polar surface area (TPSA) is 83.6 Å². The second kappa shape index (κ2) is 9.91. The maximum absolute atomic E-state index is 13.9. The van der Waals surface area contributed by atoms with Gasteiger partial charge in [-0.2, -0.15) is 0 Å². The molecule has 0 aliphatic carbocycles. The lowest BCUT2D eigenvalue weighted by Crippen LogP contribution is -2.31. The molecule has 38 heavy (non-hydrogen) atoms. The SMILES string of the molecule is Cc1ccc(CNC(=O)c2ccc3c(c2)N(Cc2cc(C)ccc2C)C(=O)c2ccccc2S3(=O)=O)cc1. The molecule has 0 fully saturated rings. The Morgan fingerprint density at radius 1 is 0.816 bits per heavy atom. The summed E-state index contributed by atoms with van der Waals surface area (Å²) in [5.74, 6) is -0.785. The minimum atomic E-state index is -4.01. The molecule has 0 atom stereocenters. The monoisotopic (exact) mass is 524 g/mol. The lowest BCUT2D eigenvalue weighted by molar-refractivity contribution is 0.0947. The Balaban J connectivity index is 1.59. The summed E-state index contributed by atoms with van der Waals surface area (Å²) < 4.78 is 27.4. The van der Waals surface area contributed by atoms with Crippen molar-refractivity contribution in [3.63, 3.8) is 0 Å². The maximum Gasteiger partial charge on any atom is 0.259 e. The highest BCUT2D eigenvalue weighted by molar-refractivity contribution is 7.91. The fourth-order valence-corrected chi connectivity index (χ4v) is 6.27. The van der Waals surface area contributed by atoms with E-state index in [1.807, 2.05) is 63.2 Å². The Morgan fingerprint density at radius 2 is 1.53 bits per heavy atom. The molecule has 0 spiro atoms. The van der Waals surface area contributed by atoms with E-state index in [1.165, 1.54) is 35.2 Å². The lowest BCUT2D eigenvalue weighted by Gasteiger charge is -2.24. The third-order valence-electron chi connectivity index (χ3n) is 6.86. The van der Waals surface area contributed by atoms with Gasteiger partial charge in [-0.1, -0.05) is 65.7 Å². The highest BCUT2D eigenvalue weighted by atomic mass is 32.2. The predicted molar refractivity (Wildman–Crippen MR) is 147 cm³/mol. The fraction of sp³-hybridized carbons (Fsp3) is 0.161. The van der Waals surface area contributed by atoms with Gasteiger partial charge in [0.1, 0.15) is 0 Å². The van der Waals surface area contributed by atoms with Crippen molar-refractivity contribution in [3.8, 4) is 0 Å². The van der Waals surface area contributed by atoms with Crippen LogP contribution in [0.5, 0.6) is 0 Å². The molecule has 0 saturated carbocycles. The van der Waals surface area contributed by atoms with E-state index in [9.17, 15) is 18.0 Å². The second-order valence-electron chi connectivity index (χ2n) is 9.67. The van der Waals surface area contributed by atoms with E-state index < -0.39 is 15.7 Å². The Bertz CT molecular complexity index is 1670. The predicted octanol–water partition coefficient (Wildman–Crippen LogP) is 5.54. The van der Waals surface area contributed by atoms with Crippen LogP contribution in [-0.4, -0.2) is 20.2 Å². The van der Waals surface area contributed by atoms with Gasteiger partial charge >= 0.3 is 0 Å². The molecule has 6 nitrogen and oxygen atoms in total. The number of nitrogens with one attached hydrogen (secondary N) is 1. The average molecular weight is 525 g/mol. The summed E-state index contributed by atoms with van der Waals surface area (Å²) >= 11 is 0. The van der Waals surface area contributed by atoms with E-state index >= 15 is 0 Å². The smallest absolute Gasteiger partial charge is 0.259 e. The quantitative estimate of drug-likeness (QED) is 0.372. The van der Waals surface area contributed by atoms with Gasteiger partial charge in [0.25, 0.3) is 11.8 Å². The highest BCUT2D eigenvalue weighted by Crippen LogP contribution is 2.38. The number of benzene rings is 4. The van der Waals surface area contributed by atoms with Crippen LogP contribution in [-0.2, 0) is 22.9 Å². The van der Waals surface area contributed by atoms with Gasteiger partial charge < -0.3 is 10.2 Å². The van der Waals surface area contributed by atoms with Crippen LogP contribution in [0.4, 0.5) is 5.69 Å². The van der Waals surface area contributed by atoms with Crippen LogP contribution in [0, 0.1) is 20.8 Å². The van der Waals surface area contributed by atoms with Crippen LogP contribution in [0.3, 0.4) is 0 Å². The molecule has 1 N–H and O–H groups in total. The number of anilines is 1. The van der Waals surface area contributed by atoms with Crippen LogP contribution in [0.25, 0.3) is 0 Å². The highest BCUT2D eigenvalue weighted by Gasteiger charge is 2.36. The molecule has 192 valence electrons. The molecule has 2 amide bonds. The molecule has 4 aromatic carbocycles. The zero-order chi connectivity index (χ0) is 27.0. The number of hydrogen-bond donors (Lipinski definition) is 1. The van der Waals surface area contributed by atoms with E-state index in [2.05, 4.69) is 5.32 Å². The Labute approximate surface area is 222 Å². The number of hydrogen-bond acceptors (Lipinski definition) is 4. The molecular formula is C31H28N2O4S. The first-order chi connectivity index (χ1) is 18.1. The number of amides is 2. The first-order valence-electron chi connectivity index (χ1n) is 12.3. The minimum absolute atomic E-state index is 0.00353. The van der Waals surface area contributed by atoms with Crippen molar-refractivity contribution in [1.82, 2.24) is 5.32 Å². The van der Waals surface area contributed by atoms with E-state index in [0.717, 1.165) is 27.8 Å². The molecule has 1 aliphatic rings. The number of fused-ring (bicyclic) bond motifs is 2. The summed E-state index contributed by atoms with van der Waals surface area (Å²) in [5, 5.41) is 2.90. The van der Waals surface area contributed by atoms with Crippen molar-refractivity contribution < 1.29 is 18.0 Å². The van der Waals surface area contributed by atoms with Crippen LogP contribution in [0.2, 0.25) is 0 Å². The molecular weight excluding hydrogens is 496 g/mol. The molecule has 0 unspecified atom stereocenters. The zero-order valence-electron chi connectivity index (χ0n) is 21.5. The van der Waals surface area contributed by atoms with Crippen molar-refractivity contribution in [2.45, 2.75) is 43.7 Å². The number of aryl methyl sites for hydroxylation is 3. The number of carbonyl (C=O) groups is 2. The molecule has 0 aromatic heterocycles. The summed E-state index contributed by atoms with van der Waals surface area (Å²) in [4.78, 5) is 28.4. The van der Waals surface area contributed by atoms with Gasteiger partial charge in [0, 0.05) is 12.1 Å². The molecule has 5 rings (SSSR count). The summed E-state index contributed by atoms with van der Waals surface area (Å²) in [6.07, 6.45) is 0. The van der Waals surface area contributed by atoms with E-state index in [-0.39, 0.29) is 39.1 Å². The Kier molecular flexibility index (Phi) is 6.63. The summed E-state index contributed by atoms with van der Waals surface area (Å²) in [6.45, 7) is 6.41. The number of rotatable bonds is 5. The molecule has 0 saturated heterocycles. The summed E-state index contributed by atoms with van der Waals surface area (Å²) in [5.41, 5.74) is 5.56. The molecule has 7 heteroatoms. The minimum Gasteiger partial charge on any atom is -0.348 e. The first-order valence-corrected chi connectivity index (χ1v) is 13.8. The number of sulfone groups is 1. The summed E-state index contributed by atoms with van der Waals surface area (Å²) in [6, 6.07) is 24.5. The number of carbonyl (C=O) groups excluding carboxylic acids is 2. The largest absolute Gasteiger partial charge is 0.348 e. The normalized spacial score (nSPS) is 13.9. The second-order valence-corrected chi connectivity index (χ2v) is 11.6. The zero-order valence-corrected chi connectivity index (χ0v) is 22.3. The van der Waals surface area contributed by atoms with Crippen molar-refractivity contribution >= 4 is 27.3 Å². The van der Waals surface area contributed by atoms with Gasteiger partial charge in [-0.3, -0.25) is 9.59 Å². The number of nitrogens with zero attached hydrogens (tertiary/aromatic N) is 1. The maximum atomic E-state index is 13.9. The standard InChI is InChI=1S/C31H28N2O4S/c1-20-9-12-23(13-10-20)18-32-30(34)24-14-15-29-27(17-24)33(19-25-16-21(2)8-11-22(25)3)31(35)26-6-4-5-7-28(26)38(29,36)37/h4-17H,18-19H2,1-3H3,(H,32,34). The van der Waals surface area contributed by atoms with Crippen molar-refractivity contribution in [2.75, 3.05) is 4.90 Å². The third-order valence-corrected chi connectivity index (χ3v) is 8.72. The van der Waals surface area contributed by atoms with E-state index in [1.54, 1.807) is 12.1 Å². The van der Waals surface area contributed by atoms with Crippen molar-refractivity contribution in [3.05, 3.63) is 124 Å². The molecule has 1 heterocycles. The van der Waals surface area contributed by atoms with Crippen molar-refractivity contribution in [2.24, 2.45) is 0 Å². The van der Waals surface area contributed by atoms with Crippen LogP contribution in [0.1, 0.15) is 48.5 Å². The van der Waals surface area contributed by atoms with Crippen LogP contribution >= 0.6 is 0 Å². The third kappa shape index (κ3) is 4.73. The van der Waals surface area contributed by atoms with Gasteiger partial charge in [0.15, 0.2) is 0 Å². The van der Waals surface area contributed by atoms with Gasteiger partial charge in [-0.05, 0) is 67.8 Å². The molecule has 0 radical (unpaired) electrons. The van der Waals surface area contributed by atoms with Gasteiger partial charge in [0.2, 0.25) is 9.84 Å². The van der Waals surface area contributed by atoms with Crippen LogP contribution < -0.4 is 10.2 Å².